The van der Waals surface area contributed by atoms with Gasteiger partial charge < -0.3 is 10.8 Å². The Hall–Kier alpha value is -1.56. The van der Waals surface area contributed by atoms with Gasteiger partial charge in [-0.15, -0.1) is 0 Å². The molecule has 1 heterocycles. The van der Waals surface area contributed by atoms with Crippen molar-refractivity contribution in [1.29, 1.82) is 0 Å². The summed E-state index contributed by atoms with van der Waals surface area (Å²) >= 11 is 0. The van der Waals surface area contributed by atoms with Crippen molar-refractivity contribution in [3.8, 4) is 0 Å². The Kier molecular flexibility index (Phi) is 3.31. The third-order valence-corrected chi connectivity index (χ3v) is 2.10. The quantitative estimate of drug-likeness (QED) is 0.802. The molecule has 6 heteroatoms. The highest BCUT2D eigenvalue weighted by Crippen LogP contribution is 2.25. The summed E-state index contributed by atoms with van der Waals surface area (Å²) in [7, 11) is 0. The fourth-order valence-electron chi connectivity index (χ4n) is 1.33. The van der Waals surface area contributed by atoms with Crippen LogP contribution < -0.4 is 5.73 Å². The molecule has 0 aliphatic heterocycles. The molecule has 0 atom stereocenters. The molecule has 3 N–H and O–H groups in total. The summed E-state index contributed by atoms with van der Waals surface area (Å²) in [6.45, 7) is 1.23. The van der Waals surface area contributed by atoms with E-state index < -0.39 is 12.4 Å². The number of carboxylic acid groups (broad SMARTS) is 1. The van der Waals surface area contributed by atoms with Crippen LogP contribution in [0.3, 0.4) is 0 Å². The van der Waals surface area contributed by atoms with Crippen molar-refractivity contribution in [1.82, 2.24) is 4.98 Å². The van der Waals surface area contributed by atoms with Gasteiger partial charge in [0.05, 0.1) is 11.3 Å². The summed E-state index contributed by atoms with van der Waals surface area (Å²) < 4.78 is 24.9. The van der Waals surface area contributed by atoms with Gasteiger partial charge in [-0.25, -0.2) is 13.6 Å². The second-order valence-corrected chi connectivity index (χ2v) is 2.97. The number of nitrogens with two attached hydrogens (primary N) is 1. The zero-order chi connectivity index (χ0) is 11.6. The van der Waals surface area contributed by atoms with Gasteiger partial charge >= 0.3 is 5.97 Å². The maximum absolute atomic E-state index is 12.4. The first kappa shape index (κ1) is 11.5. The molecule has 1 rings (SSSR count). The van der Waals surface area contributed by atoms with E-state index in [9.17, 15) is 13.6 Å². The highest BCUT2D eigenvalue weighted by Gasteiger charge is 2.20. The lowest BCUT2D eigenvalue weighted by atomic mass is 10.0. The molecule has 0 radical (unpaired) electrons. The van der Waals surface area contributed by atoms with Gasteiger partial charge in [-0.2, -0.15) is 0 Å². The van der Waals surface area contributed by atoms with Crippen LogP contribution in [0.4, 0.5) is 8.78 Å². The Morgan fingerprint density at radius 3 is 2.67 bits per heavy atom. The van der Waals surface area contributed by atoms with E-state index in [1.165, 1.54) is 6.92 Å². The first-order chi connectivity index (χ1) is 6.99. The van der Waals surface area contributed by atoms with Gasteiger partial charge in [0.25, 0.3) is 6.43 Å². The molecule has 1 aromatic rings. The molecular formula is C9H10F2N2O2. The normalized spacial score (nSPS) is 10.7. The molecule has 0 bridgehead atoms. The molecule has 0 aliphatic carbocycles. The molecule has 0 spiro atoms. The SMILES string of the molecule is Cc1c(C(F)F)cnc(CN)c1C(=O)O. The number of hydrogen-bond donors (Lipinski definition) is 2. The Morgan fingerprint density at radius 1 is 1.67 bits per heavy atom. The topological polar surface area (TPSA) is 76.2 Å². The summed E-state index contributed by atoms with van der Waals surface area (Å²) in [4.78, 5) is 14.5. The molecule has 0 unspecified atom stereocenters. The van der Waals surface area contributed by atoms with Gasteiger partial charge in [0.15, 0.2) is 0 Å². The Balaban J connectivity index is 3.42. The van der Waals surface area contributed by atoms with Gasteiger partial charge in [-0.05, 0) is 12.5 Å². The fourth-order valence-corrected chi connectivity index (χ4v) is 1.33. The number of pyridine rings is 1. The highest BCUT2D eigenvalue weighted by atomic mass is 19.3. The molecule has 1 aromatic heterocycles. The first-order valence-corrected chi connectivity index (χ1v) is 4.19. The number of hydrogen-bond acceptors (Lipinski definition) is 3. The molecule has 0 aromatic carbocycles. The highest BCUT2D eigenvalue weighted by molar-refractivity contribution is 5.90. The van der Waals surface area contributed by atoms with Gasteiger partial charge in [0, 0.05) is 18.3 Å². The van der Waals surface area contributed by atoms with Gasteiger partial charge in [0.1, 0.15) is 0 Å². The molecule has 0 saturated carbocycles. The van der Waals surface area contributed by atoms with E-state index in [-0.39, 0.29) is 28.9 Å². The van der Waals surface area contributed by atoms with E-state index in [1.54, 1.807) is 0 Å². The average Bonchev–Trinajstić information content (AvgIpc) is 2.15. The van der Waals surface area contributed by atoms with Crippen LogP contribution in [0.2, 0.25) is 0 Å². The third-order valence-electron chi connectivity index (χ3n) is 2.10. The fraction of sp³-hybridized carbons (Fsp3) is 0.333. The van der Waals surface area contributed by atoms with Crippen LogP contribution in [0.15, 0.2) is 6.20 Å². The Bertz CT molecular complexity index is 394. The predicted molar refractivity (Wildman–Crippen MR) is 48.8 cm³/mol. The van der Waals surface area contributed by atoms with Gasteiger partial charge in [-0.1, -0.05) is 0 Å². The number of rotatable bonds is 3. The third kappa shape index (κ3) is 2.10. The monoisotopic (exact) mass is 216 g/mol. The van der Waals surface area contributed by atoms with Crippen LogP contribution in [0.5, 0.6) is 0 Å². The van der Waals surface area contributed by atoms with Crippen molar-refractivity contribution in [3.63, 3.8) is 0 Å². The largest absolute Gasteiger partial charge is 0.478 e. The summed E-state index contributed by atoms with van der Waals surface area (Å²) in [5.41, 5.74) is 4.81. The van der Waals surface area contributed by atoms with E-state index in [1.807, 2.05) is 0 Å². The lowest BCUT2D eigenvalue weighted by molar-refractivity contribution is 0.0693. The smallest absolute Gasteiger partial charge is 0.337 e. The number of halogens is 2. The maximum Gasteiger partial charge on any atom is 0.337 e. The van der Waals surface area contributed by atoms with Crippen LogP contribution in [0.1, 0.15) is 33.6 Å². The number of aromatic nitrogens is 1. The van der Waals surface area contributed by atoms with Crippen LogP contribution >= 0.6 is 0 Å². The molecule has 0 aliphatic rings. The minimum absolute atomic E-state index is 0.0213. The van der Waals surface area contributed by atoms with Crippen LogP contribution in [0, 0.1) is 6.92 Å². The minimum atomic E-state index is -2.73. The summed E-state index contributed by atoms with van der Waals surface area (Å²) in [6, 6.07) is 0. The van der Waals surface area contributed by atoms with Crippen LogP contribution in [-0.4, -0.2) is 16.1 Å². The maximum atomic E-state index is 12.4. The van der Waals surface area contributed by atoms with Crippen molar-refractivity contribution >= 4 is 5.97 Å². The second-order valence-electron chi connectivity index (χ2n) is 2.97. The van der Waals surface area contributed by atoms with E-state index in [4.69, 9.17) is 10.8 Å². The summed E-state index contributed by atoms with van der Waals surface area (Å²) in [6.07, 6.45) is -1.77. The Morgan fingerprint density at radius 2 is 2.27 bits per heavy atom. The van der Waals surface area contributed by atoms with Crippen molar-refractivity contribution in [2.45, 2.75) is 19.9 Å². The van der Waals surface area contributed by atoms with E-state index in [0.29, 0.717) is 0 Å². The lowest BCUT2D eigenvalue weighted by Crippen LogP contribution is -2.13. The summed E-state index contributed by atoms with van der Waals surface area (Å²) in [5, 5.41) is 8.84. The number of carboxylic acids is 1. The van der Waals surface area contributed by atoms with Crippen molar-refractivity contribution < 1.29 is 18.7 Å². The molecule has 4 nitrogen and oxygen atoms in total. The van der Waals surface area contributed by atoms with E-state index in [0.717, 1.165) is 6.20 Å². The molecule has 15 heavy (non-hydrogen) atoms. The lowest BCUT2D eigenvalue weighted by Gasteiger charge is -2.10. The summed E-state index contributed by atoms with van der Waals surface area (Å²) in [5.74, 6) is -1.29. The number of aromatic carboxylic acids is 1. The number of carbonyl (C=O) groups is 1. The van der Waals surface area contributed by atoms with Crippen molar-refractivity contribution in [2.75, 3.05) is 0 Å². The van der Waals surface area contributed by atoms with Crippen molar-refractivity contribution in [3.05, 3.63) is 28.6 Å². The van der Waals surface area contributed by atoms with Crippen LogP contribution in [0.25, 0.3) is 0 Å². The molecular weight excluding hydrogens is 206 g/mol. The van der Waals surface area contributed by atoms with Gasteiger partial charge in [0.2, 0.25) is 0 Å². The number of nitrogens with zero attached hydrogens (tertiary/aromatic N) is 1. The standard InChI is InChI=1S/C9H10F2N2O2/c1-4-5(8(10)11)3-13-6(2-12)7(4)9(14)15/h3,8H,2,12H2,1H3,(H,14,15). The zero-order valence-electron chi connectivity index (χ0n) is 8.00. The molecule has 82 valence electrons. The Labute approximate surface area is 84.7 Å². The van der Waals surface area contributed by atoms with E-state index >= 15 is 0 Å². The predicted octanol–water partition coefficient (Wildman–Crippen LogP) is 1.48. The zero-order valence-corrected chi connectivity index (χ0v) is 8.00. The molecule has 0 saturated heterocycles. The van der Waals surface area contributed by atoms with Gasteiger partial charge in [-0.3, -0.25) is 4.98 Å². The first-order valence-electron chi connectivity index (χ1n) is 4.19. The van der Waals surface area contributed by atoms with E-state index in [2.05, 4.69) is 4.98 Å². The average molecular weight is 216 g/mol. The second kappa shape index (κ2) is 4.31. The molecule has 0 amide bonds. The van der Waals surface area contributed by atoms with Crippen molar-refractivity contribution in [2.24, 2.45) is 5.73 Å². The minimum Gasteiger partial charge on any atom is -0.478 e. The molecule has 0 fully saturated rings. The van der Waals surface area contributed by atoms with Crippen LogP contribution in [-0.2, 0) is 6.54 Å². The number of alkyl halides is 2.